The summed E-state index contributed by atoms with van der Waals surface area (Å²) in [6, 6.07) is 3.21. The topological polar surface area (TPSA) is 84.0 Å². The van der Waals surface area contributed by atoms with Crippen LogP contribution in [-0.4, -0.2) is 51.0 Å². The summed E-state index contributed by atoms with van der Waals surface area (Å²) in [7, 11) is 0. The number of ether oxygens (including phenoxy) is 1. The van der Waals surface area contributed by atoms with Crippen molar-refractivity contribution in [1.82, 2.24) is 25.3 Å². The van der Waals surface area contributed by atoms with Gasteiger partial charge in [0, 0.05) is 12.7 Å². The third kappa shape index (κ3) is 2.27. The Hall–Kier alpha value is -2.28. The Balaban J connectivity index is 1.90. The first-order valence-electron chi connectivity index (χ1n) is 6.43. The van der Waals surface area contributed by atoms with Gasteiger partial charge >= 0.3 is 0 Å². The van der Waals surface area contributed by atoms with Crippen LogP contribution in [0.3, 0.4) is 0 Å². The van der Waals surface area contributed by atoms with E-state index in [0.717, 1.165) is 11.3 Å². The molecule has 0 aromatic carbocycles. The third-order valence-corrected chi connectivity index (χ3v) is 3.38. The predicted octanol–water partition coefficient (Wildman–Crippen LogP) is 0.722. The minimum Gasteiger partial charge on any atom is -0.377 e. The lowest BCUT2D eigenvalue weighted by atomic mass is 10.1. The predicted molar refractivity (Wildman–Crippen MR) is 70.0 cm³/mol. The quantitative estimate of drug-likeness (QED) is 0.871. The van der Waals surface area contributed by atoms with Crippen LogP contribution >= 0.6 is 0 Å². The van der Waals surface area contributed by atoms with Crippen molar-refractivity contribution in [1.29, 1.82) is 0 Å². The van der Waals surface area contributed by atoms with Gasteiger partial charge in [-0.05, 0) is 24.6 Å². The SMILES string of the molecule is Cc1cn[nH]c1C1COCCN1C(=O)c1cccnn1. The molecule has 7 heteroatoms. The second-order valence-corrected chi connectivity index (χ2v) is 4.66. The summed E-state index contributed by atoms with van der Waals surface area (Å²) in [5.41, 5.74) is 2.26. The molecule has 1 N–H and O–H groups in total. The van der Waals surface area contributed by atoms with Crippen LogP contribution in [0, 0.1) is 6.92 Å². The van der Waals surface area contributed by atoms with Gasteiger partial charge in [0.1, 0.15) is 0 Å². The van der Waals surface area contributed by atoms with Crippen LogP contribution in [0.15, 0.2) is 24.5 Å². The molecule has 1 amide bonds. The Morgan fingerprint density at radius 3 is 3.15 bits per heavy atom. The molecule has 0 bridgehead atoms. The van der Waals surface area contributed by atoms with E-state index in [1.165, 1.54) is 0 Å². The van der Waals surface area contributed by atoms with E-state index in [0.29, 0.717) is 25.5 Å². The first-order chi connectivity index (χ1) is 9.77. The van der Waals surface area contributed by atoms with Crippen LogP contribution in [0.1, 0.15) is 27.8 Å². The van der Waals surface area contributed by atoms with Crippen molar-refractivity contribution < 1.29 is 9.53 Å². The molecule has 7 nitrogen and oxygen atoms in total. The number of nitrogens with one attached hydrogen (secondary N) is 1. The molecule has 1 saturated heterocycles. The number of hydrogen-bond donors (Lipinski definition) is 1. The molecule has 0 saturated carbocycles. The molecule has 2 aromatic heterocycles. The molecular weight excluding hydrogens is 258 g/mol. The van der Waals surface area contributed by atoms with Gasteiger partial charge in [-0.2, -0.15) is 10.2 Å². The number of H-pyrrole nitrogens is 1. The van der Waals surface area contributed by atoms with Gasteiger partial charge in [-0.1, -0.05) is 0 Å². The van der Waals surface area contributed by atoms with Crippen LogP contribution in [0.2, 0.25) is 0 Å². The zero-order valence-corrected chi connectivity index (χ0v) is 11.1. The summed E-state index contributed by atoms with van der Waals surface area (Å²) in [4.78, 5) is 14.3. The van der Waals surface area contributed by atoms with Crippen molar-refractivity contribution in [2.24, 2.45) is 0 Å². The molecule has 1 aliphatic rings. The number of aromatic nitrogens is 4. The van der Waals surface area contributed by atoms with Crippen LogP contribution in [0.4, 0.5) is 0 Å². The number of hydrogen-bond acceptors (Lipinski definition) is 5. The molecule has 0 spiro atoms. The lowest BCUT2D eigenvalue weighted by Gasteiger charge is -2.35. The van der Waals surface area contributed by atoms with Crippen molar-refractivity contribution >= 4 is 5.91 Å². The van der Waals surface area contributed by atoms with Crippen LogP contribution in [0.5, 0.6) is 0 Å². The summed E-state index contributed by atoms with van der Waals surface area (Å²) in [6.07, 6.45) is 3.29. The van der Waals surface area contributed by atoms with Crippen LogP contribution in [-0.2, 0) is 4.74 Å². The Kier molecular flexibility index (Phi) is 3.42. The molecule has 1 unspecified atom stereocenters. The van der Waals surface area contributed by atoms with E-state index in [-0.39, 0.29) is 11.9 Å². The van der Waals surface area contributed by atoms with Crippen molar-refractivity contribution in [2.45, 2.75) is 13.0 Å². The standard InChI is InChI=1S/C13H15N5O2/c1-9-7-15-17-12(9)11-8-20-6-5-18(11)13(19)10-3-2-4-14-16-10/h2-4,7,11H,5-6,8H2,1H3,(H,15,17). The Bertz CT molecular complexity index is 598. The molecule has 1 aliphatic heterocycles. The average molecular weight is 273 g/mol. The van der Waals surface area contributed by atoms with Gasteiger partial charge < -0.3 is 9.64 Å². The van der Waals surface area contributed by atoms with Gasteiger partial charge in [0.05, 0.1) is 31.1 Å². The smallest absolute Gasteiger partial charge is 0.275 e. The summed E-state index contributed by atoms with van der Waals surface area (Å²) >= 11 is 0. The zero-order chi connectivity index (χ0) is 13.9. The second-order valence-electron chi connectivity index (χ2n) is 4.66. The summed E-state index contributed by atoms with van der Waals surface area (Å²) in [6.45, 7) is 3.46. The highest BCUT2D eigenvalue weighted by molar-refractivity contribution is 5.92. The van der Waals surface area contributed by atoms with E-state index in [9.17, 15) is 4.79 Å². The van der Waals surface area contributed by atoms with Crippen molar-refractivity contribution in [3.8, 4) is 0 Å². The third-order valence-electron chi connectivity index (χ3n) is 3.38. The van der Waals surface area contributed by atoms with E-state index < -0.39 is 0 Å². The zero-order valence-electron chi connectivity index (χ0n) is 11.1. The number of carbonyl (C=O) groups excluding carboxylic acids is 1. The fourth-order valence-electron chi connectivity index (χ4n) is 2.34. The first kappa shape index (κ1) is 12.7. The number of amides is 1. The van der Waals surface area contributed by atoms with Gasteiger partial charge in [0.25, 0.3) is 5.91 Å². The lowest BCUT2D eigenvalue weighted by molar-refractivity contribution is -0.00444. The Labute approximate surface area is 116 Å². The summed E-state index contributed by atoms with van der Waals surface area (Å²) in [5, 5.41) is 14.6. The van der Waals surface area contributed by atoms with Gasteiger partial charge in [-0.25, -0.2) is 0 Å². The number of carbonyl (C=O) groups is 1. The first-order valence-corrected chi connectivity index (χ1v) is 6.43. The maximum Gasteiger partial charge on any atom is 0.275 e. The van der Waals surface area contributed by atoms with E-state index in [2.05, 4.69) is 20.4 Å². The summed E-state index contributed by atoms with van der Waals surface area (Å²) in [5.74, 6) is -0.139. The largest absolute Gasteiger partial charge is 0.377 e. The van der Waals surface area contributed by atoms with Crippen LogP contribution in [0.25, 0.3) is 0 Å². The highest BCUT2D eigenvalue weighted by Crippen LogP contribution is 2.26. The molecule has 0 aliphatic carbocycles. The molecule has 2 aromatic rings. The van der Waals surface area contributed by atoms with Crippen molar-refractivity contribution in [2.75, 3.05) is 19.8 Å². The molecule has 1 fully saturated rings. The number of morpholine rings is 1. The summed E-state index contributed by atoms with van der Waals surface area (Å²) < 4.78 is 5.50. The minimum absolute atomic E-state index is 0.139. The van der Waals surface area contributed by atoms with Gasteiger partial charge in [0.15, 0.2) is 5.69 Å². The normalized spacial score (nSPS) is 19.1. The van der Waals surface area contributed by atoms with Crippen molar-refractivity contribution in [3.05, 3.63) is 41.5 Å². The molecular formula is C13H15N5O2. The van der Waals surface area contributed by atoms with Gasteiger partial charge in [0.2, 0.25) is 0 Å². The fraction of sp³-hybridized carbons (Fsp3) is 0.385. The molecule has 3 heterocycles. The average Bonchev–Trinajstić information content (AvgIpc) is 2.93. The van der Waals surface area contributed by atoms with Gasteiger partial charge in [-0.3, -0.25) is 9.89 Å². The monoisotopic (exact) mass is 273 g/mol. The molecule has 20 heavy (non-hydrogen) atoms. The van der Waals surface area contributed by atoms with E-state index >= 15 is 0 Å². The highest BCUT2D eigenvalue weighted by atomic mass is 16.5. The van der Waals surface area contributed by atoms with Crippen LogP contribution < -0.4 is 0 Å². The van der Waals surface area contributed by atoms with E-state index in [4.69, 9.17) is 4.74 Å². The molecule has 1 atom stereocenters. The number of nitrogens with zero attached hydrogens (tertiary/aromatic N) is 4. The lowest BCUT2D eigenvalue weighted by Crippen LogP contribution is -2.44. The highest BCUT2D eigenvalue weighted by Gasteiger charge is 2.31. The van der Waals surface area contributed by atoms with E-state index in [1.807, 2.05) is 6.92 Å². The minimum atomic E-state index is -0.166. The Morgan fingerprint density at radius 2 is 2.45 bits per heavy atom. The molecule has 0 radical (unpaired) electrons. The molecule has 104 valence electrons. The maximum atomic E-state index is 12.6. The fourth-order valence-corrected chi connectivity index (χ4v) is 2.34. The molecule has 3 rings (SSSR count). The number of rotatable bonds is 2. The second kappa shape index (κ2) is 5.38. The number of aromatic amines is 1. The number of aryl methyl sites for hydroxylation is 1. The van der Waals surface area contributed by atoms with E-state index in [1.54, 1.807) is 29.4 Å². The van der Waals surface area contributed by atoms with Gasteiger partial charge in [-0.15, -0.1) is 5.10 Å². The maximum absolute atomic E-state index is 12.6. The Morgan fingerprint density at radius 1 is 1.55 bits per heavy atom. The van der Waals surface area contributed by atoms with Crippen molar-refractivity contribution in [3.63, 3.8) is 0 Å².